The molecule has 0 N–H and O–H groups in total. The van der Waals surface area contributed by atoms with E-state index in [1.165, 1.54) is 0 Å². The van der Waals surface area contributed by atoms with Crippen LogP contribution in [0.5, 0.6) is 11.5 Å². The Balaban J connectivity index is 1.97. The predicted octanol–water partition coefficient (Wildman–Crippen LogP) is 6.58. The molecule has 0 radical (unpaired) electrons. The molecule has 0 aliphatic rings. The van der Waals surface area contributed by atoms with Gasteiger partial charge in [-0.05, 0) is 42.2 Å². The Bertz CT molecular complexity index is 865. The molecule has 0 fully saturated rings. The van der Waals surface area contributed by atoms with E-state index >= 15 is 0 Å². The molecule has 2 rings (SSSR count). The molecule has 0 spiro atoms. The van der Waals surface area contributed by atoms with Gasteiger partial charge >= 0.3 is 11.9 Å². The van der Waals surface area contributed by atoms with Gasteiger partial charge in [-0.3, -0.25) is 9.59 Å². The van der Waals surface area contributed by atoms with Crippen molar-refractivity contribution in [3.8, 4) is 11.5 Å². The normalized spacial score (nSPS) is 11.9. The predicted molar refractivity (Wildman–Crippen MR) is 125 cm³/mol. The van der Waals surface area contributed by atoms with Crippen molar-refractivity contribution in [2.75, 3.05) is 0 Å². The quantitative estimate of drug-likeness (QED) is 0.388. The molecule has 2 aromatic carbocycles. The first-order valence-electron chi connectivity index (χ1n) is 10.9. The summed E-state index contributed by atoms with van der Waals surface area (Å²) in [4.78, 5) is 24.9. The molecule has 0 atom stereocenters. The van der Waals surface area contributed by atoms with Gasteiger partial charge in [0.1, 0.15) is 11.5 Å². The maximum absolute atomic E-state index is 12.4. The van der Waals surface area contributed by atoms with Crippen LogP contribution in [0.15, 0.2) is 36.4 Å². The largest absolute Gasteiger partial charge is 0.426 e. The Morgan fingerprint density at radius 1 is 0.677 bits per heavy atom. The van der Waals surface area contributed by atoms with E-state index in [0.29, 0.717) is 17.9 Å². The van der Waals surface area contributed by atoms with Gasteiger partial charge in [-0.25, -0.2) is 0 Å². The summed E-state index contributed by atoms with van der Waals surface area (Å²) < 4.78 is 11.4. The van der Waals surface area contributed by atoms with E-state index in [9.17, 15) is 9.59 Å². The number of hydrogen-bond donors (Lipinski definition) is 0. The summed E-state index contributed by atoms with van der Waals surface area (Å²) in [6, 6.07) is 11.8. The highest BCUT2D eigenvalue weighted by Crippen LogP contribution is 2.35. The molecule has 31 heavy (non-hydrogen) atoms. The van der Waals surface area contributed by atoms with E-state index in [0.717, 1.165) is 22.3 Å². The van der Waals surface area contributed by atoms with Crippen LogP contribution in [0.1, 0.15) is 83.1 Å². The number of esters is 2. The molecule has 0 saturated heterocycles. The molecule has 0 aliphatic carbocycles. The third-order valence-electron chi connectivity index (χ3n) is 5.23. The average molecular weight is 425 g/mol. The minimum atomic E-state index is -0.334. The van der Waals surface area contributed by atoms with Crippen LogP contribution in [0, 0.1) is 13.8 Å². The lowest BCUT2D eigenvalue weighted by Gasteiger charge is -2.23. The first-order chi connectivity index (χ1) is 14.3. The van der Waals surface area contributed by atoms with Gasteiger partial charge in [0, 0.05) is 24.0 Å². The number of ether oxygens (including phenoxy) is 2. The zero-order chi connectivity index (χ0) is 23.4. The van der Waals surface area contributed by atoms with Crippen LogP contribution in [0.2, 0.25) is 0 Å². The van der Waals surface area contributed by atoms with Crippen LogP contribution >= 0.6 is 0 Å². The van der Waals surface area contributed by atoms with Crippen molar-refractivity contribution in [2.45, 2.75) is 85.5 Å². The van der Waals surface area contributed by atoms with E-state index in [4.69, 9.17) is 9.47 Å². The number of benzene rings is 2. The molecule has 0 unspecified atom stereocenters. The van der Waals surface area contributed by atoms with Crippen LogP contribution in [-0.2, 0) is 20.4 Å². The first kappa shape index (κ1) is 24.6. The molecule has 0 amide bonds. The number of hydrogen-bond acceptors (Lipinski definition) is 4. The van der Waals surface area contributed by atoms with Crippen molar-refractivity contribution in [3.63, 3.8) is 0 Å². The van der Waals surface area contributed by atoms with Crippen LogP contribution in [-0.4, -0.2) is 11.9 Å². The number of carbonyl (C=O) groups excluding carboxylic acids is 2. The summed E-state index contributed by atoms with van der Waals surface area (Å²) in [6.45, 7) is 16.4. The van der Waals surface area contributed by atoms with Crippen molar-refractivity contribution in [1.29, 1.82) is 0 Å². The summed E-state index contributed by atoms with van der Waals surface area (Å²) in [7, 11) is 0. The maximum atomic E-state index is 12.4. The standard InChI is InChI=1S/C27H36O4/c1-18-12-9-14-20(26(3,4)5)24(18)30-22(28)16-11-17-23(29)31-25-19(2)13-10-15-21(25)27(6,7)8/h9-10,12-15H,11,16-17H2,1-8H3. The lowest BCUT2D eigenvalue weighted by molar-refractivity contribution is -0.136. The minimum absolute atomic E-state index is 0.135. The Kier molecular flexibility index (Phi) is 7.69. The highest BCUT2D eigenvalue weighted by atomic mass is 16.5. The van der Waals surface area contributed by atoms with E-state index in [1.54, 1.807) is 0 Å². The molecular weight excluding hydrogens is 388 g/mol. The van der Waals surface area contributed by atoms with Gasteiger partial charge in [-0.1, -0.05) is 77.9 Å². The van der Waals surface area contributed by atoms with Crippen LogP contribution in [0.4, 0.5) is 0 Å². The van der Waals surface area contributed by atoms with E-state index in [-0.39, 0.29) is 35.6 Å². The molecule has 2 aromatic rings. The van der Waals surface area contributed by atoms with Crippen molar-refractivity contribution in [1.82, 2.24) is 0 Å². The first-order valence-corrected chi connectivity index (χ1v) is 10.9. The minimum Gasteiger partial charge on any atom is -0.426 e. The third kappa shape index (κ3) is 6.68. The lowest BCUT2D eigenvalue weighted by atomic mass is 9.85. The molecular formula is C27H36O4. The molecule has 0 aromatic heterocycles. The van der Waals surface area contributed by atoms with Crippen molar-refractivity contribution in [2.24, 2.45) is 0 Å². The summed E-state index contributed by atoms with van der Waals surface area (Å²) in [6.07, 6.45) is 0.699. The second-order valence-electron chi connectivity index (χ2n) is 10.2. The third-order valence-corrected chi connectivity index (χ3v) is 5.23. The topological polar surface area (TPSA) is 52.6 Å². The van der Waals surface area contributed by atoms with Gasteiger partial charge in [-0.15, -0.1) is 0 Å². The smallest absolute Gasteiger partial charge is 0.311 e. The Labute approximate surface area is 187 Å². The second-order valence-corrected chi connectivity index (χ2v) is 10.2. The highest BCUT2D eigenvalue weighted by molar-refractivity contribution is 5.76. The SMILES string of the molecule is Cc1cccc(C(C)(C)C)c1OC(=O)CCCC(=O)Oc1c(C)cccc1C(C)(C)C. The summed E-state index contributed by atoms with van der Waals surface area (Å²) in [5.74, 6) is 0.576. The molecule has 0 bridgehead atoms. The zero-order valence-electron chi connectivity index (χ0n) is 20.2. The molecule has 0 saturated carbocycles. The van der Waals surface area contributed by atoms with Crippen LogP contribution < -0.4 is 9.47 Å². The molecule has 4 heteroatoms. The Hall–Kier alpha value is -2.62. The number of aryl methyl sites for hydroxylation is 2. The average Bonchev–Trinajstić information content (AvgIpc) is 2.63. The Morgan fingerprint density at radius 3 is 1.35 bits per heavy atom. The van der Waals surface area contributed by atoms with Crippen LogP contribution in [0.3, 0.4) is 0 Å². The van der Waals surface area contributed by atoms with Gasteiger partial charge in [0.05, 0.1) is 0 Å². The molecule has 4 nitrogen and oxygen atoms in total. The lowest BCUT2D eigenvalue weighted by Crippen LogP contribution is -2.18. The van der Waals surface area contributed by atoms with Crippen molar-refractivity contribution in [3.05, 3.63) is 58.7 Å². The van der Waals surface area contributed by atoms with Gasteiger partial charge in [0.25, 0.3) is 0 Å². The zero-order valence-corrected chi connectivity index (χ0v) is 20.2. The van der Waals surface area contributed by atoms with Crippen LogP contribution in [0.25, 0.3) is 0 Å². The summed E-state index contributed by atoms with van der Waals surface area (Å²) in [5.41, 5.74) is 3.57. The highest BCUT2D eigenvalue weighted by Gasteiger charge is 2.23. The number of para-hydroxylation sites is 2. The van der Waals surface area contributed by atoms with E-state index in [2.05, 4.69) is 41.5 Å². The van der Waals surface area contributed by atoms with Crippen molar-refractivity contribution >= 4 is 11.9 Å². The number of rotatable bonds is 6. The summed E-state index contributed by atoms with van der Waals surface area (Å²) >= 11 is 0. The fraction of sp³-hybridized carbons (Fsp3) is 0.481. The van der Waals surface area contributed by atoms with Gasteiger partial charge in [-0.2, -0.15) is 0 Å². The monoisotopic (exact) mass is 424 g/mol. The van der Waals surface area contributed by atoms with Gasteiger partial charge in [0.2, 0.25) is 0 Å². The molecule has 0 heterocycles. The second kappa shape index (κ2) is 9.67. The number of carbonyl (C=O) groups is 2. The fourth-order valence-electron chi connectivity index (χ4n) is 3.46. The van der Waals surface area contributed by atoms with Gasteiger partial charge in [0.15, 0.2) is 0 Å². The van der Waals surface area contributed by atoms with E-state index < -0.39 is 0 Å². The summed E-state index contributed by atoms with van der Waals surface area (Å²) in [5, 5.41) is 0. The molecule has 0 aliphatic heterocycles. The van der Waals surface area contributed by atoms with Gasteiger partial charge < -0.3 is 9.47 Å². The van der Waals surface area contributed by atoms with E-state index in [1.807, 2.05) is 50.2 Å². The molecule has 168 valence electrons. The Morgan fingerprint density at radius 2 is 1.03 bits per heavy atom. The fourth-order valence-corrected chi connectivity index (χ4v) is 3.46. The van der Waals surface area contributed by atoms with Crippen molar-refractivity contribution < 1.29 is 19.1 Å². The maximum Gasteiger partial charge on any atom is 0.311 e.